The van der Waals surface area contributed by atoms with Crippen molar-refractivity contribution in [3.05, 3.63) is 53.7 Å². The predicted octanol–water partition coefficient (Wildman–Crippen LogP) is 3.06. The van der Waals surface area contributed by atoms with E-state index in [0.717, 1.165) is 12.2 Å². The molecule has 21 heavy (non-hydrogen) atoms. The van der Waals surface area contributed by atoms with E-state index in [9.17, 15) is 4.79 Å². The molecule has 0 unspecified atom stereocenters. The fraction of sp³-hybridized carbons (Fsp3) is 0.250. The molecule has 2 aromatic rings. The van der Waals surface area contributed by atoms with Crippen molar-refractivity contribution in [3.63, 3.8) is 0 Å². The molecule has 1 atom stereocenters. The quantitative estimate of drug-likeness (QED) is 0.946. The van der Waals surface area contributed by atoms with E-state index < -0.39 is 0 Å². The van der Waals surface area contributed by atoms with Gasteiger partial charge in [-0.05, 0) is 30.2 Å². The van der Waals surface area contributed by atoms with Crippen LogP contribution in [0, 0.1) is 0 Å². The average Bonchev–Trinajstić information content (AvgIpc) is 2.55. The zero-order valence-corrected chi connectivity index (χ0v) is 12.5. The molecule has 108 valence electrons. The van der Waals surface area contributed by atoms with Crippen LogP contribution in [0.3, 0.4) is 0 Å². The maximum absolute atomic E-state index is 12.5. The van der Waals surface area contributed by atoms with Crippen molar-refractivity contribution >= 4 is 17.7 Å². The van der Waals surface area contributed by atoms with Gasteiger partial charge in [-0.2, -0.15) is 0 Å². The number of fused-ring (bicyclic) bond motifs is 1. The molecular weight excluding hydrogens is 284 g/mol. The molecule has 1 aromatic carbocycles. The number of benzene rings is 1. The molecular formula is C16H16N2O2S. The highest BCUT2D eigenvalue weighted by atomic mass is 32.2. The lowest BCUT2D eigenvalue weighted by Gasteiger charge is -2.26. The van der Waals surface area contributed by atoms with Crippen LogP contribution >= 0.6 is 11.8 Å². The minimum Gasteiger partial charge on any atom is -0.480 e. The van der Waals surface area contributed by atoms with Gasteiger partial charge in [0, 0.05) is 16.8 Å². The van der Waals surface area contributed by atoms with Gasteiger partial charge in [0.15, 0.2) is 0 Å². The van der Waals surface area contributed by atoms with Gasteiger partial charge in [-0.25, -0.2) is 4.98 Å². The topological polar surface area (TPSA) is 51.2 Å². The van der Waals surface area contributed by atoms with Gasteiger partial charge in [0.05, 0.1) is 13.2 Å². The third-order valence-electron chi connectivity index (χ3n) is 3.47. The summed E-state index contributed by atoms with van der Waals surface area (Å²) in [6, 6.07) is 11.7. The number of carbonyl (C=O) groups is 1. The van der Waals surface area contributed by atoms with Gasteiger partial charge < -0.3 is 10.1 Å². The summed E-state index contributed by atoms with van der Waals surface area (Å²) in [6.07, 6.45) is 2.54. The van der Waals surface area contributed by atoms with E-state index in [1.807, 2.05) is 23.9 Å². The molecule has 0 bridgehead atoms. The Morgan fingerprint density at radius 1 is 1.33 bits per heavy atom. The van der Waals surface area contributed by atoms with E-state index in [2.05, 4.69) is 22.4 Å². The highest BCUT2D eigenvalue weighted by molar-refractivity contribution is 7.99. The van der Waals surface area contributed by atoms with E-state index in [0.29, 0.717) is 11.4 Å². The summed E-state index contributed by atoms with van der Waals surface area (Å²) in [4.78, 5) is 17.8. The minimum atomic E-state index is -0.147. The van der Waals surface area contributed by atoms with Crippen LogP contribution in [-0.4, -0.2) is 23.8 Å². The number of rotatable bonds is 3. The first-order valence-corrected chi connectivity index (χ1v) is 7.79. The molecule has 0 fully saturated rings. The molecule has 0 saturated carbocycles. The number of carbonyl (C=O) groups excluding carboxylic acids is 1. The summed E-state index contributed by atoms with van der Waals surface area (Å²) in [5, 5.41) is 3.09. The van der Waals surface area contributed by atoms with Crippen LogP contribution in [0.5, 0.6) is 5.88 Å². The zero-order chi connectivity index (χ0) is 14.7. The van der Waals surface area contributed by atoms with E-state index in [4.69, 9.17) is 4.74 Å². The van der Waals surface area contributed by atoms with Crippen molar-refractivity contribution in [1.82, 2.24) is 10.3 Å². The van der Waals surface area contributed by atoms with Crippen LogP contribution in [0.1, 0.15) is 28.4 Å². The van der Waals surface area contributed by atoms with E-state index >= 15 is 0 Å². The monoisotopic (exact) mass is 300 g/mol. The Hall–Kier alpha value is -2.01. The summed E-state index contributed by atoms with van der Waals surface area (Å²) < 4.78 is 5.15. The maximum atomic E-state index is 12.5. The Bertz CT molecular complexity index is 660. The normalized spacial score (nSPS) is 16.9. The molecule has 1 aliphatic heterocycles. The molecule has 5 heteroatoms. The number of hydrogen-bond acceptors (Lipinski definition) is 4. The van der Waals surface area contributed by atoms with Crippen LogP contribution in [0.4, 0.5) is 0 Å². The second-order valence-corrected chi connectivity index (χ2v) is 5.90. The number of methoxy groups -OCH3 is 1. The van der Waals surface area contributed by atoms with E-state index in [-0.39, 0.29) is 11.9 Å². The number of amides is 1. The van der Waals surface area contributed by atoms with Crippen molar-refractivity contribution in [2.24, 2.45) is 0 Å². The molecule has 0 saturated heterocycles. The van der Waals surface area contributed by atoms with Crippen LogP contribution in [0.25, 0.3) is 0 Å². The molecule has 1 aliphatic rings. The Kier molecular flexibility index (Phi) is 4.10. The maximum Gasteiger partial charge on any atom is 0.257 e. The standard InChI is InChI=1S/C16H16N2O2S/c1-20-16-12(6-4-9-17-16)15(19)18-13-8-10-21-14-7-3-2-5-11(13)14/h2-7,9,13H,8,10H2,1H3,(H,18,19)/t13-/m1/s1. The van der Waals surface area contributed by atoms with Crippen molar-refractivity contribution < 1.29 is 9.53 Å². The van der Waals surface area contributed by atoms with Crippen LogP contribution in [0.15, 0.2) is 47.5 Å². The first kappa shape index (κ1) is 13.9. The van der Waals surface area contributed by atoms with Gasteiger partial charge in [0.25, 0.3) is 5.91 Å². The third-order valence-corrected chi connectivity index (χ3v) is 4.60. The summed E-state index contributed by atoms with van der Waals surface area (Å²) in [5.74, 6) is 1.21. The summed E-state index contributed by atoms with van der Waals surface area (Å²) in [5.41, 5.74) is 1.65. The lowest BCUT2D eigenvalue weighted by Crippen LogP contribution is -2.31. The summed E-state index contributed by atoms with van der Waals surface area (Å²) in [6.45, 7) is 0. The number of aromatic nitrogens is 1. The fourth-order valence-electron chi connectivity index (χ4n) is 2.45. The number of pyridine rings is 1. The molecule has 0 aliphatic carbocycles. The first-order chi connectivity index (χ1) is 10.3. The van der Waals surface area contributed by atoms with Crippen molar-refractivity contribution in [2.45, 2.75) is 17.4 Å². The molecule has 1 aromatic heterocycles. The van der Waals surface area contributed by atoms with Crippen molar-refractivity contribution in [3.8, 4) is 5.88 Å². The molecule has 4 nitrogen and oxygen atoms in total. The van der Waals surface area contributed by atoms with Gasteiger partial charge in [0.2, 0.25) is 5.88 Å². The van der Waals surface area contributed by atoms with Gasteiger partial charge in [-0.15, -0.1) is 11.8 Å². The van der Waals surface area contributed by atoms with E-state index in [1.165, 1.54) is 17.6 Å². The summed E-state index contributed by atoms with van der Waals surface area (Å²) >= 11 is 1.83. The van der Waals surface area contributed by atoms with Gasteiger partial charge in [-0.3, -0.25) is 4.79 Å². The highest BCUT2D eigenvalue weighted by Gasteiger charge is 2.23. The lowest BCUT2D eigenvalue weighted by atomic mass is 10.0. The molecule has 0 spiro atoms. The Morgan fingerprint density at radius 2 is 2.19 bits per heavy atom. The van der Waals surface area contributed by atoms with Crippen molar-refractivity contribution in [1.29, 1.82) is 0 Å². The predicted molar refractivity (Wildman–Crippen MR) is 82.8 cm³/mol. The Balaban J connectivity index is 1.83. The third kappa shape index (κ3) is 2.88. The highest BCUT2D eigenvalue weighted by Crippen LogP contribution is 2.36. The molecule has 1 N–H and O–H groups in total. The van der Waals surface area contributed by atoms with Gasteiger partial charge in [-0.1, -0.05) is 18.2 Å². The Labute approximate surface area is 127 Å². The second-order valence-electron chi connectivity index (χ2n) is 4.76. The first-order valence-electron chi connectivity index (χ1n) is 6.81. The molecule has 2 heterocycles. The average molecular weight is 300 g/mol. The SMILES string of the molecule is COc1ncccc1C(=O)N[C@@H]1CCSc2ccccc21. The van der Waals surface area contributed by atoms with Crippen molar-refractivity contribution in [2.75, 3.05) is 12.9 Å². The van der Waals surface area contributed by atoms with Crippen LogP contribution in [0.2, 0.25) is 0 Å². The zero-order valence-electron chi connectivity index (χ0n) is 11.7. The number of thioether (sulfide) groups is 1. The number of hydrogen-bond donors (Lipinski definition) is 1. The van der Waals surface area contributed by atoms with Gasteiger partial charge >= 0.3 is 0 Å². The fourth-order valence-corrected chi connectivity index (χ4v) is 3.58. The minimum absolute atomic E-state index is 0.0415. The number of nitrogens with zero attached hydrogens (tertiary/aromatic N) is 1. The smallest absolute Gasteiger partial charge is 0.257 e. The largest absolute Gasteiger partial charge is 0.480 e. The molecule has 3 rings (SSSR count). The van der Waals surface area contributed by atoms with Gasteiger partial charge in [0.1, 0.15) is 5.56 Å². The van der Waals surface area contributed by atoms with E-state index in [1.54, 1.807) is 18.3 Å². The number of ether oxygens (including phenoxy) is 1. The Morgan fingerprint density at radius 3 is 3.05 bits per heavy atom. The van der Waals surface area contributed by atoms with Crippen LogP contribution < -0.4 is 10.1 Å². The lowest BCUT2D eigenvalue weighted by molar-refractivity contribution is 0.0931. The second kappa shape index (κ2) is 6.18. The molecule has 0 radical (unpaired) electrons. The number of nitrogens with one attached hydrogen (secondary N) is 1. The van der Waals surface area contributed by atoms with Crippen LogP contribution in [-0.2, 0) is 0 Å². The summed E-state index contributed by atoms with van der Waals surface area (Å²) in [7, 11) is 1.52. The molecule has 1 amide bonds.